The van der Waals surface area contributed by atoms with Gasteiger partial charge < -0.3 is 9.88 Å². The van der Waals surface area contributed by atoms with Crippen molar-refractivity contribution in [1.29, 1.82) is 0 Å². The number of nitrogens with zero attached hydrogens (tertiary/aromatic N) is 1. The normalized spacial score (nSPS) is 13.2. The second-order valence-corrected chi connectivity index (χ2v) is 12.7. The van der Waals surface area contributed by atoms with E-state index in [9.17, 15) is 0 Å². The number of nitrogens with one attached hydrogen (secondary N) is 1. The van der Waals surface area contributed by atoms with Crippen molar-refractivity contribution in [3.8, 4) is 39.1 Å². The van der Waals surface area contributed by atoms with Crippen molar-refractivity contribution in [2.45, 2.75) is 0 Å². The van der Waals surface area contributed by atoms with Gasteiger partial charge in [0.1, 0.15) is 0 Å². The quantitative estimate of drug-likeness (QED) is 0.203. The molecule has 7 aromatic carbocycles. The maximum atomic E-state index is 3.55. The van der Waals surface area contributed by atoms with Gasteiger partial charge in [-0.25, -0.2) is 0 Å². The van der Waals surface area contributed by atoms with Gasteiger partial charge >= 0.3 is 0 Å². The Morgan fingerprint density at radius 3 is 1.90 bits per heavy atom. The maximum absolute atomic E-state index is 3.55. The zero-order valence-corrected chi connectivity index (χ0v) is 27.5. The maximum Gasteiger partial charge on any atom is 0.0541 e. The van der Waals surface area contributed by atoms with Crippen LogP contribution in [0.3, 0.4) is 0 Å². The van der Waals surface area contributed by atoms with Gasteiger partial charge in [-0.05, 0) is 93.1 Å². The largest absolute Gasteiger partial charge is 0.361 e. The van der Waals surface area contributed by atoms with Crippen molar-refractivity contribution in [2.24, 2.45) is 0 Å². The molecule has 2 heterocycles. The lowest BCUT2D eigenvalue weighted by molar-refractivity contribution is 1.18. The molecule has 1 aliphatic rings. The molecule has 1 aromatic heterocycles. The molecule has 9 rings (SSSR count). The lowest BCUT2D eigenvalue weighted by Crippen LogP contribution is -1.94. The van der Waals surface area contributed by atoms with Crippen molar-refractivity contribution in [1.82, 2.24) is 4.57 Å². The Balaban J connectivity index is 1.16. The molecule has 2 heteroatoms. The number of hydrogen-bond donors (Lipinski definition) is 1. The predicted octanol–water partition coefficient (Wildman–Crippen LogP) is 12.8. The molecular formula is C48H34N2. The Bertz CT molecular complexity index is 2580. The average molecular weight is 639 g/mol. The number of hydrogen-bond acceptors (Lipinski definition) is 1. The lowest BCUT2D eigenvalue weighted by Gasteiger charge is -2.14. The first-order valence-electron chi connectivity index (χ1n) is 17.1. The van der Waals surface area contributed by atoms with Crippen LogP contribution < -0.4 is 5.32 Å². The monoisotopic (exact) mass is 638 g/mol. The molecule has 1 N–H and O–H groups in total. The van der Waals surface area contributed by atoms with Crippen LogP contribution in [0.2, 0.25) is 0 Å². The van der Waals surface area contributed by atoms with Crippen molar-refractivity contribution < 1.29 is 0 Å². The van der Waals surface area contributed by atoms with Gasteiger partial charge in [0.05, 0.1) is 11.0 Å². The van der Waals surface area contributed by atoms with Gasteiger partial charge in [-0.1, -0.05) is 146 Å². The number of benzene rings is 7. The summed E-state index contributed by atoms with van der Waals surface area (Å²) in [5.41, 5.74) is 15.3. The van der Waals surface area contributed by atoms with E-state index in [1.54, 1.807) is 0 Å². The van der Waals surface area contributed by atoms with Crippen LogP contribution in [0, 0.1) is 0 Å². The number of para-hydroxylation sites is 2. The van der Waals surface area contributed by atoms with E-state index in [4.69, 9.17) is 0 Å². The highest BCUT2D eigenvalue weighted by Gasteiger charge is 2.15. The minimum absolute atomic E-state index is 1.07. The van der Waals surface area contributed by atoms with Crippen molar-refractivity contribution in [3.05, 3.63) is 205 Å². The highest BCUT2D eigenvalue weighted by molar-refractivity contribution is 6.10. The Labute approximate surface area is 292 Å². The Hall–Kier alpha value is -6.64. The summed E-state index contributed by atoms with van der Waals surface area (Å²) >= 11 is 0. The molecule has 8 aromatic rings. The Morgan fingerprint density at radius 2 is 1.06 bits per heavy atom. The zero-order chi connectivity index (χ0) is 33.3. The molecule has 50 heavy (non-hydrogen) atoms. The summed E-state index contributed by atoms with van der Waals surface area (Å²) in [5.74, 6) is 0. The first kappa shape index (κ1) is 29.5. The first-order chi connectivity index (χ1) is 24.8. The molecule has 0 amide bonds. The molecule has 0 saturated heterocycles. The minimum atomic E-state index is 1.07. The topological polar surface area (TPSA) is 17.0 Å². The fraction of sp³-hybridized carbons (Fsp3) is 0. The fourth-order valence-electron chi connectivity index (χ4n) is 7.17. The standard InChI is InChI=1S/C48H34N2/c1-3-12-34(13-4-1)36-16-11-31-49-46-19-9-7-17-42(46)44-32-39(24-23-38(44)22-21-36)40-27-30-48-45(33-40)43-18-8-10-20-47(43)50(48)41-28-25-37(26-29-41)35-14-5-2-6-15-35/h1-33,49H/b22-21?,31-11-,36-16?. The third-order valence-corrected chi connectivity index (χ3v) is 9.67. The van der Waals surface area contributed by atoms with E-state index < -0.39 is 0 Å². The summed E-state index contributed by atoms with van der Waals surface area (Å²) in [6, 6.07) is 61.1. The first-order valence-corrected chi connectivity index (χ1v) is 17.1. The van der Waals surface area contributed by atoms with Gasteiger partial charge in [-0.15, -0.1) is 0 Å². The van der Waals surface area contributed by atoms with Crippen molar-refractivity contribution >= 4 is 39.1 Å². The summed E-state index contributed by atoms with van der Waals surface area (Å²) in [5, 5.41) is 6.04. The number of allylic oxidation sites excluding steroid dienone is 4. The van der Waals surface area contributed by atoms with E-state index in [1.807, 2.05) is 6.20 Å². The molecule has 0 saturated carbocycles. The van der Waals surface area contributed by atoms with Crippen LogP contribution in [-0.4, -0.2) is 4.57 Å². The molecule has 0 unspecified atom stereocenters. The van der Waals surface area contributed by atoms with Crippen LogP contribution in [0.4, 0.5) is 5.69 Å². The summed E-state index contributed by atoms with van der Waals surface area (Å²) < 4.78 is 2.39. The number of rotatable bonds is 4. The van der Waals surface area contributed by atoms with Crippen LogP contribution in [-0.2, 0) is 0 Å². The molecular weight excluding hydrogens is 605 g/mol. The molecule has 2 nitrogen and oxygen atoms in total. The average Bonchev–Trinajstić information content (AvgIpc) is 3.50. The van der Waals surface area contributed by atoms with Gasteiger partial charge in [0.15, 0.2) is 0 Å². The predicted molar refractivity (Wildman–Crippen MR) is 213 cm³/mol. The zero-order valence-electron chi connectivity index (χ0n) is 27.5. The smallest absolute Gasteiger partial charge is 0.0541 e. The van der Waals surface area contributed by atoms with E-state index in [1.165, 1.54) is 66.3 Å². The van der Waals surface area contributed by atoms with Crippen LogP contribution in [0.5, 0.6) is 0 Å². The summed E-state index contributed by atoms with van der Waals surface area (Å²) in [7, 11) is 0. The second kappa shape index (κ2) is 12.8. The Morgan fingerprint density at radius 1 is 0.420 bits per heavy atom. The van der Waals surface area contributed by atoms with Gasteiger partial charge in [-0.3, -0.25) is 0 Å². The van der Waals surface area contributed by atoms with Gasteiger partial charge in [0.25, 0.3) is 0 Å². The van der Waals surface area contributed by atoms with Crippen LogP contribution in [0.15, 0.2) is 194 Å². The van der Waals surface area contributed by atoms with Crippen molar-refractivity contribution in [2.75, 3.05) is 5.32 Å². The molecule has 0 radical (unpaired) electrons. The highest BCUT2D eigenvalue weighted by Crippen LogP contribution is 2.39. The Kier molecular flexibility index (Phi) is 7.53. The molecule has 236 valence electrons. The molecule has 0 aliphatic carbocycles. The molecule has 0 atom stereocenters. The molecule has 0 spiro atoms. The highest BCUT2D eigenvalue weighted by atomic mass is 15.0. The fourth-order valence-corrected chi connectivity index (χ4v) is 7.17. The van der Waals surface area contributed by atoms with Crippen molar-refractivity contribution in [3.63, 3.8) is 0 Å². The second-order valence-electron chi connectivity index (χ2n) is 12.7. The van der Waals surface area contributed by atoms with E-state index in [0.29, 0.717) is 0 Å². The van der Waals surface area contributed by atoms with Crippen LogP contribution in [0.25, 0.3) is 72.5 Å². The summed E-state index contributed by atoms with van der Waals surface area (Å²) in [4.78, 5) is 0. The van der Waals surface area contributed by atoms with Gasteiger partial charge in [0.2, 0.25) is 0 Å². The van der Waals surface area contributed by atoms with E-state index in [2.05, 4.69) is 204 Å². The third kappa shape index (κ3) is 5.43. The molecule has 1 aliphatic heterocycles. The van der Waals surface area contributed by atoms with Gasteiger partial charge in [-0.2, -0.15) is 0 Å². The summed E-state index contributed by atoms with van der Waals surface area (Å²) in [6.45, 7) is 0. The van der Waals surface area contributed by atoms with E-state index in [0.717, 1.165) is 16.9 Å². The third-order valence-electron chi connectivity index (χ3n) is 9.67. The number of aromatic nitrogens is 1. The minimum Gasteiger partial charge on any atom is -0.361 e. The number of fused-ring (bicyclic) bond motifs is 6. The van der Waals surface area contributed by atoms with Crippen LogP contribution in [0.1, 0.15) is 11.1 Å². The van der Waals surface area contributed by atoms with E-state index >= 15 is 0 Å². The van der Waals surface area contributed by atoms with Gasteiger partial charge in [0, 0.05) is 33.9 Å². The molecule has 0 fully saturated rings. The summed E-state index contributed by atoms with van der Waals surface area (Å²) in [6.07, 6.45) is 10.7. The van der Waals surface area contributed by atoms with Crippen LogP contribution >= 0.6 is 0 Å². The number of anilines is 1. The lowest BCUT2D eigenvalue weighted by atomic mass is 9.92. The molecule has 0 bridgehead atoms. The van der Waals surface area contributed by atoms with E-state index in [-0.39, 0.29) is 0 Å². The SMILES string of the molecule is C1=Cc2ccc(-c3ccc4c(c3)c3ccccc3n4-c3ccc(-c4ccccc4)cc3)cc2-c2ccccc2N/C=C\C=C1c1ccccc1.